The van der Waals surface area contributed by atoms with Gasteiger partial charge in [-0.25, -0.2) is 0 Å². The summed E-state index contributed by atoms with van der Waals surface area (Å²) in [5, 5.41) is 16.5. The van der Waals surface area contributed by atoms with Crippen molar-refractivity contribution in [1.82, 2.24) is 10.6 Å². The van der Waals surface area contributed by atoms with Crippen LogP contribution in [0.25, 0.3) is 0 Å². The van der Waals surface area contributed by atoms with E-state index in [1.807, 2.05) is 20.8 Å². The van der Waals surface area contributed by atoms with Crippen molar-refractivity contribution in [3.63, 3.8) is 0 Å². The number of halogens is 1. The van der Waals surface area contributed by atoms with Gasteiger partial charge in [0.1, 0.15) is 6.10 Å². The van der Waals surface area contributed by atoms with Gasteiger partial charge in [0.2, 0.25) is 5.91 Å². The van der Waals surface area contributed by atoms with E-state index in [2.05, 4.69) is 59.1 Å². The van der Waals surface area contributed by atoms with Crippen LogP contribution < -0.4 is 16.4 Å². The highest BCUT2D eigenvalue weighted by Crippen LogP contribution is 2.77. The van der Waals surface area contributed by atoms with Crippen molar-refractivity contribution in [3.8, 4) is 0 Å². The van der Waals surface area contributed by atoms with Crippen LogP contribution in [0.4, 0.5) is 0 Å². The molecule has 11 atom stereocenters. The van der Waals surface area contributed by atoms with Crippen molar-refractivity contribution in [3.05, 3.63) is 46.0 Å². The number of benzene rings is 1. The number of carbonyl (C=O) groups is 5. The zero-order valence-electron chi connectivity index (χ0n) is 39.1. The number of aliphatic carboxylic acids is 1. The Hall–Kier alpha value is -3.24. The Kier molecular flexibility index (Phi) is 12.1. The summed E-state index contributed by atoms with van der Waals surface area (Å²) in [4.78, 5) is 67.2. The van der Waals surface area contributed by atoms with E-state index in [1.54, 1.807) is 24.3 Å². The number of hydrogen-bond acceptors (Lipinski definition) is 7. The Morgan fingerprint density at radius 2 is 1.56 bits per heavy atom. The summed E-state index contributed by atoms with van der Waals surface area (Å²) in [5.74, 6) is -1.14. The number of esters is 1. The SMILES string of the molecule is CC(C)C1=C2[C@H]3CC[C@@H]4[C@@]5(C)CC[C@H](OC(=O)[C@H]6C[C@@H](C(=O)O)C6(C)C)C(C)(C)[C@@H]5CC[C@@]4(C)[C@]3(C)CC[C@@]2(CC(=O)NCC(C)(CCN)NC(=O)c2ccc(Cl)cc2)CC1=O. The van der Waals surface area contributed by atoms with Crippen molar-refractivity contribution >= 4 is 41.1 Å². The standard InChI is InChI=1S/C51H74ClN3O7/c1-29(2)40-35(56)26-51(27-39(57)54-28-47(7,23-24-53)55-42(58)30-11-13-31(52)14-12-30)22-21-49(9)32(41(40)51)15-16-37-48(8)19-18-38(46(5,6)36(48)17-20-50(37,49)10)62-44(61)34-25-33(43(59)60)45(34,3)4/h11-14,29,32-34,36-38H,15-28,53H2,1-10H3,(H,54,57)(H,55,58)(H,59,60)/t32-,33+,34-,36+,37-,38+,47?,48+,49-,50-,51+/m1/s1. The van der Waals surface area contributed by atoms with Gasteiger partial charge in [-0.05, 0) is 153 Å². The first-order valence-corrected chi connectivity index (χ1v) is 23.9. The first-order valence-electron chi connectivity index (χ1n) is 23.6. The minimum atomic E-state index is -0.844. The largest absolute Gasteiger partial charge is 0.481 e. The zero-order valence-corrected chi connectivity index (χ0v) is 39.9. The Morgan fingerprint density at radius 1 is 0.887 bits per heavy atom. The molecule has 0 heterocycles. The van der Waals surface area contributed by atoms with Crippen LogP contribution in [0.2, 0.25) is 5.02 Å². The van der Waals surface area contributed by atoms with Crippen LogP contribution in [0.15, 0.2) is 35.4 Å². The number of hydrogen-bond donors (Lipinski definition) is 4. The number of ether oxygens (including phenoxy) is 1. The topological polar surface area (TPSA) is 165 Å². The molecule has 0 spiro atoms. The molecule has 5 N–H and O–H groups in total. The molecule has 0 radical (unpaired) electrons. The monoisotopic (exact) mass is 876 g/mol. The van der Waals surface area contributed by atoms with Gasteiger partial charge in [-0.2, -0.15) is 0 Å². The highest BCUT2D eigenvalue weighted by atomic mass is 35.5. The molecule has 2 amide bonds. The number of rotatable bonds is 12. The average molecular weight is 877 g/mol. The number of allylic oxidation sites excluding steroid dienone is 2. The van der Waals surface area contributed by atoms with E-state index in [9.17, 15) is 29.1 Å². The van der Waals surface area contributed by atoms with Gasteiger partial charge in [-0.1, -0.05) is 79.5 Å². The third-order valence-corrected chi connectivity index (χ3v) is 19.3. The molecule has 6 aliphatic carbocycles. The van der Waals surface area contributed by atoms with E-state index in [0.29, 0.717) is 48.2 Å². The summed E-state index contributed by atoms with van der Waals surface area (Å²) in [6.07, 6.45) is 8.79. The Labute approximate surface area is 375 Å². The minimum Gasteiger partial charge on any atom is -0.481 e. The molecule has 62 heavy (non-hydrogen) atoms. The summed E-state index contributed by atoms with van der Waals surface area (Å²) in [5.41, 5.74) is 6.48. The van der Waals surface area contributed by atoms with Gasteiger partial charge < -0.3 is 26.2 Å². The third-order valence-electron chi connectivity index (χ3n) is 19.0. The maximum absolute atomic E-state index is 14.2. The van der Waals surface area contributed by atoms with Gasteiger partial charge in [0.15, 0.2) is 5.78 Å². The lowest BCUT2D eigenvalue weighted by molar-refractivity contribution is -0.236. The number of Topliss-reactive ketones (excluding diaryl/α,β-unsaturated/α-hetero) is 1. The number of fused-ring (bicyclic) bond motifs is 7. The quantitative estimate of drug-likeness (QED) is 0.151. The van der Waals surface area contributed by atoms with Gasteiger partial charge in [0.25, 0.3) is 5.91 Å². The van der Waals surface area contributed by atoms with Crippen molar-refractivity contribution in [2.24, 2.45) is 73.7 Å². The van der Waals surface area contributed by atoms with Gasteiger partial charge >= 0.3 is 11.9 Å². The van der Waals surface area contributed by atoms with Crippen LogP contribution in [0, 0.1) is 68.0 Å². The number of carbonyl (C=O) groups excluding carboxylic acids is 4. The molecule has 5 saturated carbocycles. The molecular weight excluding hydrogens is 802 g/mol. The number of amides is 2. The van der Waals surface area contributed by atoms with E-state index < -0.39 is 34.2 Å². The molecule has 1 aromatic rings. The Balaban J connectivity index is 1.09. The molecule has 10 nitrogen and oxygen atoms in total. The molecular formula is C51H74ClN3O7. The molecule has 0 aromatic heterocycles. The highest BCUT2D eigenvalue weighted by Gasteiger charge is 2.70. The summed E-state index contributed by atoms with van der Waals surface area (Å²) >= 11 is 6.06. The van der Waals surface area contributed by atoms with E-state index in [1.165, 1.54) is 5.57 Å². The number of carboxylic acids is 1. The molecule has 5 fully saturated rings. The van der Waals surface area contributed by atoms with Gasteiger partial charge in [0.05, 0.1) is 17.4 Å². The number of carboxylic acid groups (broad SMARTS) is 1. The fourth-order valence-corrected chi connectivity index (χ4v) is 15.4. The second kappa shape index (κ2) is 16.0. The fourth-order valence-electron chi connectivity index (χ4n) is 15.2. The fraction of sp³-hybridized carbons (Fsp3) is 0.745. The minimum absolute atomic E-state index is 0.00400. The third kappa shape index (κ3) is 7.37. The first-order chi connectivity index (χ1) is 28.8. The maximum Gasteiger partial charge on any atom is 0.309 e. The number of nitrogens with one attached hydrogen (secondary N) is 2. The molecule has 0 bridgehead atoms. The molecule has 342 valence electrons. The lowest BCUT2D eigenvalue weighted by atomic mass is 9.33. The molecule has 0 saturated heterocycles. The van der Waals surface area contributed by atoms with Crippen LogP contribution in [-0.4, -0.2) is 59.4 Å². The molecule has 1 unspecified atom stereocenters. The van der Waals surface area contributed by atoms with Crippen LogP contribution in [0.3, 0.4) is 0 Å². The average Bonchev–Trinajstić information content (AvgIpc) is 3.46. The van der Waals surface area contributed by atoms with Crippen LogP contribution in [0.1, 0.15) is 157 Å². The molecule has 6 aliphatic rings. The zero-order chi connectivity index (χ0) is 45.6. The second-order valence-electron chi connectivity index (χ2n) is 23.3. The van der Waals surface area contributed by atoms with Crippen molar-refractivity contribution in [2.45, 2.75) is 158 Å². The number of nitrogens with two attached hydrogens (primary N) is 1. The summed E-state index contributed by atoms with van der Waals surface area (Å²) in [7, 11) is 0. The van der Waals surface area contributed by atoms with Crippen molar-refractivity contribution in [1.29, 1.82) is 0 Å². The van der Waals surface area contributed by atoms with E-state index >= 15 is 0 Å². The molecule has 0 aliphatic heterocycles. The second-order valence-corrected chi connectivity index (χ2v) is 23.7. The van der Waals surface area contributed by atoms with Gasteiger partial charge in [0, 0.05) is 40.8 Å². The van der Waals surface area contributed by atoms with Gasteiger partial charge in [-0.15, -0.1) is 0 Å². The van der Waals surface area contributed by atoms with Crippen molar-refractivity contribution < 1.29 is 33.8 Å². The normalized spacial score (nSPS) is 37.7. The lowest BCUT2D eigenvalue weighted by Gasteiger charge is -2.72. The summed E-state index contributed by atoms with van der Waals surface area (Å²) < 4.78 is 6.43. The maximum atomic E-state index is 14.2. The van der Waals surface area contributed by atoms with E-state index in [-0.39, 0.29) is 76.1 Å². The number of ketones is 1. The van der Waals surface area contributed by atoms with Gasteiger partial charge in [-0.3, -0.25) is 24.0 Å². The smallest absolute Gasteiger partial charge is 0.309 e. The van der Waals surface area contributed by atoms with Crippen LogP contribution in [0.5, 0.6) is 0 Å². The van der Waals surface area contributed by atoms with E-state index in [4.69, 9.17) is 22.1 Å². The first kappa shape index (κ1) is 46.7. The molecule has 11 heteroatoms. The Morgan fingerprint density at radius 3 is 2.18 bits per heavy atom. The predicted molar refractivity (Wildman–Crippen MR) is 241 cm³/mol. The summed E-state index contributed by atoms with van der Waals surface area (Å²) in [6, 6.07) is 6.70. The summed E-state index contributed by atoms with van der Waals surface area (Å²) in [6.45, 7) is 22.6. The van der Waals surface area contributed by atoms with Crippen LogP contribution >= 0.6 is 11.6 Å². The van der Waals surface area contributed by atoms with Crippen LogP contribution in [-0.2, 0) is 23.9 Å². The lowest BCUT2D eigenvalue weighted by Crippen LogP contribution is -2.66. The van der Waals surface area contributed by atoms with Crippen molar-refractivity contribution in [2.75, 3.05) is 13.1 Å². The highest BCUT2D eigenvalue weighted by molar-refractivity contribution is 6.30. The molecule has 1 aromatic carbocycles. The predicted octanol–water partition coefficient (Wildman–Crippen LogP) is 9.32. The Bertz CT molecular complexity index is 2030. The van der Waals surface area contributed by atoms with E-state index in [0.717, 1.165) is 56.9 Å². The molecule has 7 rings (SSSR count).